The van der Waals surface area contributed by atoms with Gasteiger partial charge in [-0.15, -0.1) is 0 Å². The molecule has 4 rings (SSSR count). The van der Waals surface area contributed by atoms with Gasteiger partial charge in [-0.2, -0.15) is 0 Å². The third-order valence-corrected chi connectivity index (χ3v) is 8.29. The number of carbonyl (C=O) groups is 3. The molecule has 0 unspecified atom stereocenters. The predicted molar refractivity (Wildman–Crippen MR) is 142 cm³/mol. The molecule has 2 heterocycles. The average molecular weight is 526 g/mol. The molecule has 2 saturated heterocycles. The molecule has 0 saturated carbocycles. The molecule has 1 aliphatic carbocycles. The van der Waals surface area contributed by atoms with Crippen LogP contribution in [0.3, 0.4) is 0 Å². The number of aryl methyl sites for hydroxylation is 2. The Morgan fingerprint density at radius 3 is 2.45 bits per heavy atom. The highest BCUT2D eigenvalue weighted by molar-refractivity contribution is 6.06. The first-order valence-electron chi connectivity index (χ1n) is 13.6. The van der Waals surface area contributed by atoms with E-state index in [-0.39, 0.29) is 36.9 Å². The number of phenolic OH excluding ortho intramolecular Hbond substituents is 1. The van der Waals surface area contributed by atoms with Crippen molar-refractivity contribution in [1.29, 1.82) is 0 Å². The Morgan fingerprint density at radius 2 is 1.79 bits per heavy atom. The topological polar surface area (TPSA) is 124 Å². The zero-order valence-electron chi connectivity index (χ0n) is 22.5. The summed E-state index contributed by atoms with van der Waals surface area (Å²) in [4.78, 5) is 38.6. The van der Waals surface area contributed by atoms with E-state index in [4.69, 9.17) is 9.84 Å². The lowest BCUT2D eigenvalue weighted by Gasteiger charge is -2.31. The zero-order chi connectivity index (χ0) is 27.6. The van der Waals surface area contributed by atoms with E-state index in [0.717, 1.165) is 40.7 Å². The van der Waals surface area contributed by atoms with Crippen LogP contribution in [-0.4, -0.2) is 63.9 Å². The van der Waals surface area contributed by atoms with Gasteiger partial charge in [0.1, 0.15) is 5.75 Å². The van der Waals surface area contributed by atoms with E-state index < -0.39 is 17.8 Å². The van der Waals surface area contributed by atoms with Crippen molar-refractivity contribution < 1.29 is 34.4 Å². The van der Waals surface area contributed by atoms with Crippen LogP contribution >= 0.6 is 0 Å². The Kier molecular flexibility index (Phi) is 8.73. The number of unbranched alkanes of at least 4 members (excludes halogenated alkanes) is 2. The third-order valence-electron chi connectivity index (χ3n) is 8.29. The van der Waals surface area contributed by atoms with Crippen molar-refractivity contribution in [2.75, 3.05) is 19.8 Å². The fourth-order valence-electron chi connectivity index (χ4n) is 6.42. The number of allylic oxidation sites excluding steroid dienone is 1. The van der Waals surface area contributed by atoms with Crippen LogP contribution in [-0.2, 0) is 19.1 Å². The van der Waals surface area contributed by atoms with E-state index in [1.54, 1.807) is 0 Å². The van der Waals surface area contributed by atoms with Crippen molar-refractivity contribution in [2.24, 2.45) is 17.8 Å². The fraction of sp³-hybridized carbons (Fsp3) is 0.567. The number of imide groups is 1. The van der Waals surface area contributed by atoms with Crippen molar-refractivity contribution in [3.05, 3.63) is 45.5 Å². The molecule has 0 aromatic heterocycles. The summed E-state index contributed by atoms with van der Waals surface area (Å²) in [7, 11) is 0. The molecule has 1 aromatic rings. The lowest BCUT2D eigenvalue weighted by atomic mass is 9.69. The number of nitrogens with zero attached hydrogens (tertiary/aromatic N) is 1. The van der Waals surface area contributed by atoms with E-state index in [0.29, 0.717) is 44.6 Å². The smallest absolute Gasteiger partial charge is 0.303 e. The number of aliphatic carboxylic acids is 1. The maximum absolute atomic E-state index is 13.4. The van der Waals surface area contributed by atoms with Crippen LogP contribution in [0.5, 0.6) is 5.75 Å². The minimum atomic E-state index is -0.841. The quantitative estimate of drug-likeness (QED) is 0.225. The van der Waals surface area contributed by atoms with Gasteiger partial charge in [-0.3, -0.25) is 19.3 Å². The van der Waals surface area contributed by atoms with Crippen LogP contribution in [0.2, 0.25) is 0 Å². The lowest BCUT2D eigenvalue weighted by Crippen LogP contribution is -2.35. The summed E-state index contributed by atoms with van der Waals surface area (Å²) < 4.78 is 6.18. The lowest BCUT2D eigenvalue weighted by molar-refractivity contribution is -0.141. The SMILES string of the molecule is C/C(=C\c1cc(C)c(O)c(C)c1)CC[C@H]1OC[C@H]2C1=C(CO)C[C@H]1C(=O)N(CCCCCC(=O)O)C(=O)[C@H]12. The molecule has 2 amide bonds. The van der Waals surface area contributed by atoms with Crippen molar-refractivity contribution >= 4 is 23.9 Å². The second kappa shape index (κ2) is 11.8. The number of likely N-dealkylation sites (tertiary alicyclic amines) is 1. The van der Waals surface area contributed by atoms with E-state index in [1.165, 1.54) is 10.5 Å². The summed E-state index contributed by atoms with van der Waals surface area (Å²) in [5.41, 5.74) is 5.71. The summed E-state index contributed by atoms with van der Waals surface area (Å²) in [6, 6.07) is 3.92. The van der Waals surface area contributed by atoms with Gasteiger partial charge in [0, 0.05) is 18.9 Å². The molecule has 2 aliphatic heterocycles. The Hall–Kier alpha value is -2.97. The highest BCUT2D eigenvalue weighted by atomic mass is 16.5. The predicted octanol–water partition coefficient (Wildman–Crippen LogP) is 4.15. The summed E-state index contributed by atoms with van der Waals surface area (Å²) in [6.45, 7) is 6.37. The van der Waals surface area contributed by atoms with Crippen LogP contribution in [0.25, 0.3) is 6.08 Å². The van der Waals surface area contributed by atoms with Gasteiger partial charge in [0.2, 0.25) is 11.8 Å². The first-order chi connectivity index (χ1) is 18.1. The number of ether oxygens (including phenoxy) is 1. The number of carbonyl (C=O) groups excluding carboxylic acids is 2. The number of aliphatic hydroxyl groups is 1. The van der Waals surface area contributed by atoms with Crippen molar-refractivity contribution in [3.8, 4) is 5.75 Å². The maximum Gasteiger partial charge on any atom is 0.303 e. The van der Waals surface area contributed by atoms with Gasteiger partial charge < -0.3 is 20.1 Å². The Morgan fingerprint density at radius 1 is 1.08 bits per heavy atom. The molecule has 206 valence electrons. The third kappa shape index (κ3) is 5.71. The Balaban J connectivity index is 1.42. The average Bonchev–Trinajstić information content (AvgIpc) is 3.39. The molecule has 0 radical (unpaired) electrons. The van der Waals surface area contributed by atoms with Crippen LogP contribution in [0.1, 0.15) is 68.6 Å². The number of hydrogen-bond donors (Lipinski definition) is 3. The molecule has 1 aromatic carbocycles. The van der Waals surface area contributed by atoms with Gasteiger partial charge in [0.05, 0.1) is 31.2 Å². The number of amides is 2. The summed E-state index contributed by atoms with van der Waals surface area (Å²) in [5.74, 6) is -1.95. The highest BCUT2D eigenvalue weighted by Crippen LogP contribution is 2.49. The number of aromatic hydroxyl groups is 1. The van der Waals surface area contributed by atoms with E-state index in [9.17, 15) is 24.6 Å². The van der Waals surface area contributed by atoms with Crippen molar-refractivity contribution in [3.63, 3.8) is 0 Å². The van der Waals surface area contributed by atoms with Gasteiger partial charge in [0.25, 0.3) is 0 Å². The number of benzene rings is 1. The molecule has 2 fully saturated rings. The first kappa shape index (κ1) is 28.0. The van der Waals surface area contributed by atoms with Crippen molar-refractivity contribution in [2.45, 2.75) is 71.8 Å². The van der Waals surface area contributed by atoms with E-state index in [1.807, 2.05) is 26.0 Å². The number of carboxylic acid groups (broad SMARTS) is 1. The zero-order valence-corrected chi connectivity index (χ0v) is 22.5. The van der Waals surface area contributed by atoms with Gasteiger partial charge in [-0.05, 0) is 92.8 Å². The van der Waals surface area contributed by atoms with Crippen LogP contribution in [0.4, 0.5) is 0 Å². The summed E-state index contributed by atoms with van der Waals surface area (Å²) >= 11 is 0. The second-order valence-electron chi connectivity index (χ2n) is 11.0. The summed E-state index contributed by atoms with van der Waals surface area (Å²) in [5, 5.41) is 29.0. The fourth-order valence-corrected chi connectivity index (χ4v) is 6.42. The molecule has 4 atom stereocenters. The minimum Gasteiger partial charge on any atom is -0.507 e. The van der Waals surface area contributed by atoms with Crippen LogP contribution in [0, 0.1) is 31.6 Å². The normalized spacial score (nSPS) is 25.3. The number of carboxylic acids is 1. The maximum atomic E-state index is 13.4. The summed E-state index contributed by atoms with van der Waals surface area (Å²) in [6.07, 6.45) is 5.65. The van der Waals surface area contributed by atoms with Crippen LogP contribution in [0.15, 0.2) is 28.9 Å². The molecule has 8 heteroatoms. The number of phenols is 1. The number of hydrogen-bond acceptors (Lipinski definition) is 6. The molecule has 38 heavy (non-hydrogen) atoms. The molecule has 0 spiro atoms. The Labute approximate surface area is 224 Å². The van der Waals surface area contributed by atoms with Crippen molar-refractivity contribution in [1.82, 2.24) is 4.90 Å². The van der Waals surface area contributed by atoms with E-state index >= 15 is 0 Å². The first-order valence-corrected chi connectivity index (χ1v) is 13.6. The molecular formula is C30H39NO7. The van der Waals surface area contributed by atoms with Gasteiger partial charge in [-0.25, -0.2) is 0 Å². The molecule has 0 bridgehead atoms. The standard InChI is InChI=1S/C30H39NO7/c1-17(11-20-12-18(2)28(35)19(3)13-20)8-9-24-26-21(15-32)14-22-27(23(26)16-38-24)30(37)31(29(22)36)10-6-4-5-7-25(33)34/h11-13,22-24,27,32,35H,4-10,14-16H2,1-3H3,(H,33,34)/b17-11+/t22-,23+,24-,27-/m1/s1. The second-order valence-corrected chi connectivity index (χ2v) is 11.0. The van der Waals surface area contributed by atoms with Gasteiger partial charge in [0.15, 0.2) is 0 Å². The monoisotopic (exact) mass is 525 g/mol. The molecule has 3 N–H and O–H groups in total. The van der Waals surface area contributed by atoms with E-state index in [2.05, 4.69) is 13.0 Å². The van der Waals surface area contributed by atoms with Gasteiger partial charge in [-0.1, -0.05) is 18.1 Å². The highest BCUT2D eigenvalue weighted by Gasteiger charge is 2.56. The molecular weight excluding hydrogens is 486 g/mol. The van der Waals surface area contributed by atoms with Crippen LogP contribution < -0.4 is 0 Å². The minimum absolute atomic E-state index is 0.0873. The Bertz CT molecular complexity index is 1140. The number of fused-ring (bicyclic) bond motifs is 3. The molecule has 8 nitrogen and oxygen atoms in total. The number of rotatable bonds is 11. The van der Waals surface area contributed by atoms with Gasteiger partial charge >= 0.3 is 5.97 Å². The largest absolute Gasteiger partial charge is 0.507 e. The molecule has 3 aliphatic rings. The number of aliphatic hydroxyl groups excluding tert-OH is 1.